The van der Waals surface area contributed by atoms with E-state index < -0.39 is 0 Å². The van der Waals surface area contributed by atoms with Crippen molar-refractivity contribution >= 4 is 11.6 Å². The quantitative estimate of drug-likeness (QED) is 0.835. The zero-order valence-electron chi connectivity index (χ0n) is 14.8. The van der Waals surface area contributed by atoms with E-state index in [1.165, 1.54) is 11.1 Å². The van der Waals surface area contributed by atoms with E-state index in [2.05, 4.69) is 16.7 Å². The molecule has 2 N–H and O–H groups in total. The zero-order valence-corrected chi connectivity index (χ0v) is 14.8. The average molecular weight is 354 g/mol. The van der Waals surface area contributed by atoms with Crippen molar-refractivity contribution in [2.24, 2.45) is 0 Å². The Hall–Kier alpha value is -2.89. The van der Waals surface area contributed by atoms with Crippen LogP contribution in [-0.4, -0.2) is 26.4 Å². The van der Waals surface area contributed by atoms with Crippen molar-refractivity contribution in [3.05, 3.63) is 47.0 Å². The normalized spacial score (nSPS) is 14.0. The minimum atomic E-state index is -0.0691. The minimum absolute atomic E-state index is 0.0691. The molecule has 1 amide bonds. The molecule has 0 atom stereocenters. The molecule has 2 aromatic carbocycles. The molecule has 2 aromatic rings. The summed E-state index contributed by atoms with van der Waals surface area (Å²) in [7, 11) is 1.65. The van der Waals surface area contributed by atoms with E-state index in [1.54, 1.807) is 7.11 Å². The number of hydrogen-bond donors (Lipinski definition) is 2. The van der Waals surface area contributed by atoms with Gasteiger partial charge in [0.25, 0.3) is 0 Å². The lowest BCUT2D eigenvalue weighted by atomic mass is 10.1. The van der Waals surface area contributed by atoms with E-state index >= 15 is 0 Å². The number of fused-ring (bicyclic) bond motifs is 2. The first-order valence-electron chi connectivity index (χ1n) is 8.82. The number of nitrogens with one attached hydrogen (secondary N) is 2. The Labute approximate surface area is 152 Å². The summed E-state index contributed by atoms with van der Waals surface area (Å²) >= 11 is 0. The highest BCUT2D eigenvalue weighted by molar-refractivity contribution is 5.82. The molecule has 0 radical (unpaired) electrons. The Kier molecular flexibility index (Phi) is 4.56. The summed E-state index contributed by atoms with van der Waals surface area (Å²) in [6.07, 6.45) is 3.26. The monoisotopic (exact) mass is 354 g/mol. The molecule has 4 rings (SSSR count). The summed E-state index contributed by atoms with van der Waals surface area (Å²) in [5.41, 5.74) is 4.53. The molecule has 0 aromatic heterocycles. The fraction of sp³-hybridized carbons (Fsp3) is 0.350. The van der Waals surface area contributed by atoms with Crippen LogP contribution in [0.15, 0.2) is 30.3 Å². The summed E-state index contributed by atoms with van der Waals surface area (Å²) in [4.78, 5) is 12.3. The second-order valence-electron chi connectivity index (χ2n) is 6.45. The van der Waals surface area contributed by atoms with Crippen LogP contribution in [0.5, 0.6) is 17.2 Å². The number of rotatable bonds is 6. The summed E-state index contributed by atoms with van der Waals surface area (Å²) in [6.45, 7) is 0.900. The van der Waals surface area contributed by atoms with Crippen molar-refractivity contribution in [3.63, 3.8) is 0 Å². The van der Waals surface area contributed by atoms with Crippen molar-refractivity contribution in [3.8, 4) is 17.2 Å². The molecule has 6 heteroatoms. The second-order valence-corrected chi connectivity index (χ2v) is 6.45. The summed E-state index contributed by atoms with van der Waals surface area (Å²) in [5, 5.41) is 6.19. The Balaban J connectivity index is 1.35. The zero-order chi connectivity index (χ0) is 17.9. The molecule has 6 nitrogen and oxygen atoms in total. The predicted octanol–water partition coefficient (Wildman–Crippen LogP) is 2.64. The van der Waals surface area contributed by atoms with Gasteiger partial charge in [-0.3, -0.25) is 4.79 Å². The molecule has 136 valence electrons. The highest BCUT2D eigenvalue weighted by Gasteiger charge is 2.19. The lowest BCUT2D eigenvalue weighted by molar-refractivity contribution is -0.119. The van der Waals surface area contributed by atoms with E-state index in [0.717, 1.165) is 47.8 Å². The SMILES string of the molecule is COc1ccc2c(c1NCC(=O)NCc1ccc3c(c1)OCO3)CCC2. The highest BCUT2D eigenvalue weighted by Crippen LogP contribution is 2.36. The van der Waals surface area contributed by atoms with Crippen molar-refractivity contribution in [2.45, 2.75) is 25.8 Å². The molecule has 26 heavy (non-hydrogen) atoms. The van der Waals surface area contributed by atoms with Crippen LogP contribution in [0.1, 0.15) is 23.1 Å². The molecule has 1 heterocycles. The van der Waals surface area contributed by atoms with Gasteiger partial charge in [0.05, 0.1) is 19.3 Å². The molecule has 0 saturated carbocycles. The van der Waals surface area contributed by atoms with E-state index in [9.17, 15) is 4.79 Å². The van der Waals surface area contributed by atoms with Gasteiger partial charge < -0.3 is 24.8 Å². The number of hydrogen-bond acceptors (Lipinski definition) is 5. The van der Waals surface area contributed by atoms with Gasteiger partial charge in [-0.15, -0.1) is 0 Å². The topological polar surface area (TPSA) is 68.8 Å². The predicted molar refractivity (Wildman–Crippen MR) is 97.9 cm³/mol. The van der Waals surface area contributed by atoms with Crippen molar-refractivity contribution < 1.29 is 19.0 Å². The van der Waals surface area contributed by atoms with E-state index in [0.29, 0.717) is 6.54 Å². The molecular weight excluding hydrogens is 332 g/mol. The summed E-state index contributed by atoms with van der Waals surface area (Å²) in [6, 6.07) is 9.76. The van der Waals surface area contributed by atoms with Crippen LogP contribution in [0, 0.1) is 0 Å². The molecule has 2 aliphatic rings. The molecule has 1 aliphatic carbocycles. The van der Waals surface area contributed by atoms with Crippen LogP contribution in [0.25, 0.3) is 0 Å². The van der Waals surface area contributed by atoms with Gasteiger partial charge in [-0.05, 0) is 54.2 Å². The number of aryl methyl sites for hydroxylation is 1. The van der Waals surface area contributed by atoms with Gasteiger partial charge in [0.15, 0.2) is 11.5 Å². The molecule has 0 fully saturated rings. The fourth-order valence-corrected chi connectivity index (χ4v) is 3.49. The van der Waals surface area contributed by atoms with Gasteiger partial charge in [0.1, 0.15) is 5.75 Å². The minimum Gasteiger partial charge on any atom is -0.495 e. The Morgan fingerprint density at radius 3 is 2.92 bits per heavy atom. The molecule has 1 aliphatic heterocycles. The number of carbonyl (C=O) groups is 1. The first-order valence-corrected chi connectivity index (χ1v) is 8.82. The van der Waals surface area contributed by atoms with Gasteiger partial charge in [-0.1, -0.05) is 12.1 Å². The highest BCUT2D eigenvalue weighted by atomic mass is 16.7. The first-order chi connectivity index (χ1) is 12.7. The van der Waals surface area contributed by atoms with Gasteiger partial charge in [-0.25, -0.2) is 0 Å². The van der Waals surface area contributed by atoms with Crippen LogP contribution in [-0.2, 0) is 24.2 Å². The number of benzene rings is 2. The van der Waals surface area contributed by atoms with E-state index in [4.69, 9.17) is 14.2 Å². The van der Waals surface area contributed by atoms with Crippen LogP contribution in [0.2, 0.25) is 0 Å². The average Bonchev–Trinajstić information content (AvgIpc) is 3.32. The maximum Gasteiger partial charge on any atom is 0.239 e. The molecule has 0 spiro atoms. The largest absolute Gasteiger partial charge is 0.495 e. The van der Waals surface area contributed by atoms with Gasteiger partial charge in [-0.2, -0.15) is 0 Å². The van der Waals surface area contributed by atoms with Crippen molar-refractivity contribution in [1.82, 2.24) is 5.32 Å². The Bertz CT molecular complexity index is 835. The lowest BCUT2D eigenvalue weighted by Crippen LogP contribution is -2.29. The lowest BCUT2D eigenvalue weighted by Gasteiger charge is -2.15. The number of methoxy groups -OCH3 is 1. The fourth-order valence-electron chi connectivity index (χ4n) is 3.49. The third-order valence-corrected chi connectivity index (χ3v) is 4.82. The number of anilines is 1. The Morgan fingerprint density at radius 1 is 1.15 bits per heavy atom. The number of ether oxygens (including phenoxy) is 3. The van der Waals surface area contributed by atoms with Crippen LogP contribution < -0.4 is 24.8 Å². The molecule has 0 bridgehead atoms. The summed E-state index contributed by atoms with van der Waals surface area (Å²) in [5.74, 6) is 2.18. The Morgan fingerprint density at radius 2 is 2.04 bits per heavy atom. The first kappa shape index (κ1) is 16.6. The third kappa shape index (κ3) is 3.27. The molecule has 0 saturated heterocycles. The van der Waals surface area contributed by atoms with Gasteiger partial charge >= 0.3 is 0 Å². The van der Waals surface area contributed by atoms with E-state index in [-0.39, 0.29) is 19.2 Å². The second kappa shape index (κ2) is 7.15. The molecular formula is C20H22N2O4. The number of amides is 1. The summed E-state index contributed by atoms with van der Waals surface area (Å²) < 4.78 is 16.1. The maximum atomic E-state index is 12.3. The maximum absolute atomic E-state index is 12.3. The van der Waals surface area contributed by atoms with E-state index in [1.807, 2.05) is 24.3 Å². The van der Waals surface area contributed by atoms with Crippen LogP contribution >= 0.6 is 0 Å². The van der Waals surface area contributed by atoms with Gasteiger partial charge in [0.2, 0.25) is 12.7 Å². The standard InChI is InChI=1S/C20H22N2O4/c1-24-17-8-6-14-3-2-4-15(14)20(17)22-11-19(23)21-10-13-5-7-16-18(9-13)26-12-25-16/h5-9,22H,2-4,10-12H2,1H3,(H,21,23). The smallest absolute Gasteiger partial charge is 0.239 e. The van der Waals surface area contributed by atoms with Crippen LogP contribution in [0.3, 0.4) is 0 Å². The molecule has 0 unspecified atom stereocenters. The van der Waals surface area contributed by atoms with Crippen molar-refractivity contribution in [2.75, 3.05) is 25.8 Å². The number of carbonyl (C=O) groups excluding carboxylic acids is 1. The third-order valence-electron chi connectivity index (χ3n) is 4.82. The van der Waals surface area contributed by atoms with Crippen LogP contribution in [0.4, 0.5) is 5.69 Å². The van der Waals surface area contributed by atoms with Gasteiger partial charge in [0, 0.05) is 6.54 Å². The van der Waals surface area contributed by atoms with Crippen molar-refractivity contribution in [1.29, 1.82) is 0 Å².